The molecule has 1 aliphatic rings. The zero-order valence-electron chi connectivity index (χ0n) is 16.4. The number of carbonyl (C=O) groups is 1. The second-order valence-corrected chi connectivity index (χ2v) is 8.10. The Labute approximate surface area is 169 Å². The van der Waals surface area contributed by atoms with E-state index in [0.717, 1.165) is 12.8 Å². The molecular weight excluding hydrogens is 379 g/mol. The zero-order valence-corrected chi connectivity index (χ0v) is 17.2. The number of benzene rings is 1. The summed E-state index contributed by atoms with van der Waals surface area (Å²) in [5, 5.41) is 12.2. The number of amides is 1. The molecular formula is C20H27FN4O2S. The van der Waals surface area contributed by atoms with Gasteiger partial charge in [-0.2, -0.15) is 0 Å². The molecule has 0 radical (unpaired) electrons. The van der Waals surface area contributed by atoms with Gasteiger partial charge in [0.1, 0.15) is 11.6 Å². The number of halogens is 1. The van der Waals surface area contributed by atoms with E-state index in [4.69, 9.17) is 4.74 Å². The highest BCUT2D eigenvalue weighted by molar-refractivity contribution is 7.99. The SMILES string of the molecule is CC(Oc1ccc(F)cc1)c1nnc(SCC(=O)NC2CCCCCC2)n1C. The van der Waals surface area contributed by atoms with Crippen LogP contribution in [0.1, 0.15) is 57.4 Å². The lowest BCUT2D eigenvalue weighted by Crippen LogP contribution is -2.35. The van der Waals surface area contributed by atoms with Crippen LogP contribution in [0.5, 0.6) is 5.75 Å². The minimum Gasteiger partial charge on any atom is -0.483 e. The summed E-state index contributed by atoms with van der Waals surface area (Å²) in [4.78, 5) is 12.3. The highest BCUT2D eigenvalue weighted by atomic mass is 32.2. The van der Waals surface area contributed by atoms with Gasteiger partial charge in [0.25, 0.3) is 0 Å². The van der Waals surface area contributed by atoms with Crippen molar-refractivity contribution in [3.05, 3.63) is 35.9 Å². The van der Waals surface area contributed by atoms with Crippen LogP contribution < -0.4 is 10.1 Å². The molecule has 1 amide bonds. The van der Waals surface area contributed by atoms with Crippen LogP contribution in [0.4, 0.5) is 4.39 Å². The van der Waals surface area contributed by atoms with Crippen LogP contribution in [-0.2, 0) is 11.8 Å². The Hall–Kier alpha value is -2.09. The third kappa shape index (κ3) is 5.70. The Bertz CT molecular complexity index is 773. The molecule has 0 bridgehead atoms. The number of rotatable bonds is 7. The maximum Gasteiger partial charge on any atom is 0.230 e. The highest BCUT2D eigenvalue weighted by Gasteiger charge is 2.19. The van der Waals surface area contributed by atoms with E-state index >= 15 is 0 Å². The Balaban J connectivity index is 1.52. The van der Waals surface area contributed by atoms with E-state index in [1.807, 2.05) is 18.5 Å². The summed E-state index contributed by atoms with van der Waals surface area (Å²) in [6.07, 6.45) is 6.71. The Kier molecular flexibility index (Phi) is 7.30. The summed E-state index contributed by atoms with van der Waals surface area (Å²) in [5.74, 6) is 1.26. The normalized spacial score (nSPS) is 16.4. The first kappa shape index (κ1) is 20.6. The number of hydrogen-bond donors (Lipinski definition) is 1. The van der Waals surface area contributed by atoms with Crippen LogP contribution in [0.25, 0.3) is 0 Å². The Morgan fingerprint density at radius 1 is 1.25 bits per heavy atom. The minimum absolute atomic E-state index is 0.0389. The van der Waals surface area contributed by atoms with Gasteiger partial charge in [-0.3, -0.25) is 4.79 Å². The molecule has 1 N–H and O–H groups in total. The van der Waals surface area contributed by atoms with Crippen molar-refractivity contribution in [2.24, 2.45) is 7.05 Å². The average molecular weight is 407 g/mol. The van der Waals surface area contributed by atoms with Gasteiger partial charge in [0.2, 0.25) is 5.91 Å². The molecule has 1 aromatic carbocycles. The van der Waals surface area contributed by atoms with E-state index in [1.165, 1.54) is 49.6 Å². The van der Waals surface area contributed by atoms with Crippen molar-refractivity contribution in [2.75, 3.05) is 5.75 Å². The molecule has 6 nitrogen and oxygen atoms in total. The fourth-order valence-electron chi connectivity index (χ4n) is 3.40. The van der Waals surface area contributed by atoms with Crippen molar-refractivity contribution in [2.45, 2.75) is 62.8 Å². The van der Waals surface area contributed by atoms with Crippen molar-refractivity contribution in [1.29, 1.82) is 0 Å². The molecule has 0 saturated heterocycles. The molecule has 1 aliphatic carbocycles. The second kappa shape index (κ2) is 9.91. The van der Waals surface area contributed by atoms with Gasteiger partial charge in [0.05, 0.1) is 5.75 Å². The molecule has 0 spiro atoms. The van der Waals surface area contributed by atoms with Gasteiger partial charge in [-0.05, 0) is 44.0 Å². The summed E-state index contributed by atoms with van der Waals surface area (Å²) in [6, 6.07) is 6.17. The smallest absolute Gasteiger partial charge is 0.230 e. The molecule has 1 aromatic heterocycles. The van der Waals surface area contributed by atoms with Crippen molar-refractivity contribution in [1.82, 2.24) is 20.1 Å². The molecule has 0 aliphatic heterocycles. The standard InChI is InChI=1S/C20H27FN4O2S/c1-14(27-17-11-9-15(21)10-12-17)19-23-24-20(25(19)2)28-13-18(26)22-16-7-5-3-4-6-8-16/h9-12,14,16H,3-8,13H2,1-2H3,(H,22,26). The highest BCUT2D eigenvalue weighted by Crippen LogP contribution is 2.24. The van der Waals surface area contributed by atoms with Crippen molar-refractivity contribution < 1.29 is 13.9 Å². The average Bonchev–Trinajstić information content (AvgIpc) is 2.87. The minimum atomic E-state index is -0.350. The van der Waals surface area contributed by atoms with E-state index in [0.29, 0.717) is 28.5 Å². The third-order valence-corrected chi connectivity index (χ3v) is 5.93. The lowest BCUT2D eigenvalue weighted by atomic mass is 10.1. The molecule has 1 heterocycles. The first-order valence-corrected chi connectivity index (χ1v) is 10.7. The number of hydrogen-bond acceptors (Lipinski definition) is 5. The summed E-state index contributed by atoms with van der Waals surface area (Å²) >= 11 is 1.37. The van der Waals surface area contributed by atoms with Gasteiger partial charge >= 0.3 is 0 Å². The topological polar surface area (TPSA) is 69.0 Å². The summed E-state index contributed by atoms with van der Waals surface area (Å²) < 4.78 is 20.7. The van der Waals surface area contributed by atoms with E-state index < -0.39 is 0 Å². The molecule has 1 atom stereocenters. The first-order chi connectivity index (χ1) is 13.5. The predicted octanol–water partition coefficient (Wildman–Crippen LogP) is 4.03. The molecule has 152 valence electrons. The fourth-order valence-corrected chi connectivity index (χ4v) is 4.13. The fraction of sp³-hybridized carbons (Fsp3) is 0.550. The second-order valence-electron chi connectivity index (χ2n) is 7.16. The third-order valence-electron chi connectivity index (χ3n) is 4.91. The molecule has 1 saturated carbocycles. The van der Waals surface area contributed by atoms with Gasteiger partial charge in [-0.25, -0.2) is 4.39 Å². The van der Waals surface area contributed by atoms with Crippen LogP contribution in [0.3, 0.4) is 0 Å². The summed E-state index contributed by atoms with van der Waals surface area (Å²) in [7, 11) is 1.85. The van der Waals surface area contributed by atoms with Gasteiger partial charge in [-0.15, -0.1) is 10.2 Å². The van der Waals surface area contributed by atoms with E-state index in [9.17, 15) is 9.18 Å². The summed E-state index contributed by atoms with van der Waals surface area (Å²) in [6.45, 7) is 1.86. The number of ether oxygens (including phenoxy) is 1. The van der Waals surface area contributed by atoms with Crippen LogP contribution >= 0.6 is 11.8 Å². The zero-order chi connectivity index (χ0) is 19.9. The van der Waals surface area contributed by atoms with Crippen molar-refractivity contribution in [3.8, 4) is 5.75 Å². The first-order valence-electron chi connectivity index (χ1n) is 9.76. The number of nitrogens with zero attached hydrogens (tertiary/aromatic N) is 3. The number of thioether (sulfide) groups is 1. The van der Waals surface area contributed by atoms with Crippen LogP contribution in [0, 0.1) is 5.82 Å². The molecule has 28 heavy (non-hydrogen) atoms. The lowest BCUT2D eigenvalue weighted by Gasteiger charge is -2.16. The maximum absolute atomic E-state index is 13.0. The van der Waals surface area contributed by atoms with Crippen LogP contribution in [-0.4, -0.2) is 32.5 Å². The molecule has 3 rings (SSSR count). The monoisotopic (exact) mass is 406 g/mol. The molecule has 8 heteroatoms. The largest absolute Gasteiger partial charge is 0.483 e. The number of nitrogens with one attached hydrogen (secondary N) is 1. The molecule has 1 unspecified atom stereocenters. The molecule has 1 fully saturated rings. The predicted molar refractivity (Wildman–Crippen MR) is 107 cm³/mol. The van der Waals surface area contributed by atoms with E-state index in [2.05, 4.69) is 15.5 Å². The van der Waals surface area contributed by atoms with E-state index in [-0.39, 0.29) is 17.8 Å². The van der Waals surface area contributed by atoms with Gasteiger partial charge in [0, 0.05) is 13.1 Å². The molecule has 2 aromatic rings. The van der Waals surface area contributed by atoms with Gasteiger partial charge in [0.15, 0.2) is 17.1 Å². The Morgan fingerprint density at radius 2 is 1.93 bits per heavy atom. The lowest BCUT2D eigenvalue weighted by molar-refractivity contribution is -0.119. The van der Waals surface area contributed by atoms with Gasteiger partial charge < -0.3 is 14.6 Å². The Morgan fingerprint density at radius 3 is 2.61 bits per heavy atom. The quantitative estimate of drug-likeness (QED) is 0.555. The van der Waals surface area contributed by atoms with Crippen LogP contribution in [0.15, 0.2) is 29.4 Å². The number of carbonyl (C=O) groups excluding carboxylic acids is 1. The van der Waals surface area contributed by atoms with Gasteiger partial charge in [-0.1, -0.05) is 37.4 Å². The number of aromatic nitrogens is 3. The van der Waals surface area contributed by atoms with Crippen molar-refractivity contribution >= 4 is 17.7 Å². The maximum atomic E-state index is 13.0. The van der Waals surface area contributed by atoms with Crippen molar-refractivity contribution in [3.63, 3.8) is 0 Å². The summed E-state index contributed by atoms with van der Waals surface area (Å²) in [5.41, 5.74) is 0. The van der Waals surface area contributed by atoms with E-state index in [1.54, 1.807) is 12.1 Å². The van der Waals surface area contributed by atoms with Crippen LogP contribution in [0.2, 0.25) is 0 Å².